The van der Waals surface area contributed by atoms with Gasteiger partial charge in [-0.05, 0) is 43.0 Å². The normalized spacial score (nSPS) is 13.9. The Balaban J connectivity index is 2.15. The van der Waals surface area contributed by atoms with E-state index < -0.39 is 52.7 Å². The van der Waals surface area contributed by atoms with E-state index in [9.17, 15) is 61.9 Å². The molecule has 0 bridgehead atoms. The lowest BCUT2D eigenvalue weighted by atomic mass is 9.90. The Kier molecular flexibility index (Phi) is 11.0. The average Bonchev–Trinajstić information content (AvgIpc) is 2.93. The van der Waals surface area contributed by atoms with E-state index in [1.165, 1.54) is 18.2 Å². The molecule has 43 heavy (non-hydrogen) atoms. The number of ether oxygens (including phenoxy) is 1. The molecular formula is C27H23F13O3. The maximum absolute atomic E-state index is 14.3. The third-order valence-corrected chi connectivity index (χ3v) is 6.09. The lowest BCUT2D eigenvalue weighted by Crippen LogP contribution is -2.69. The molecule has 240 valence electrons. The lowest BCUT2D eigenvalue weighted by molar-refractivity contribution is -0.441. The molecule has 0 amide bonds. The Morgan fingerprint density at radius 1 is 0.651 bits per heavy atom. The molecule has 2 rings (SSSR count). The van der Waals surface area contributed by atoms with Crippen molar-refractivity contribution in [3.05, 3.63) is 71.3 Å². The van der Waals surface area contributed by atoms with Crippen LogP contribution in [0.2, 0.25) is 0 Å². The standard InChI is InChI=1S/C27H23F13O3/c28-22(29,23(30,31)24(32,33)25(34,35)26(36,37)27(38,39)40)19-10-8-18(9-11-19)21(42)14-7-17-5-12-20(13-6-17)43-16-4-2-1-3-15-41/h5-14,41H,1-4,15-16H2. The second-order valence-corrected chi connectivity index (χ2v) is 9.20. The maximum Gasteiger partial charge on any atom is 0.460 e. The number of carbonyl (C=O) groups excluding carboxylic acids is 1. The Labute approximate surface area is 235 Å². The van der Waals surface area contributed by atoms with Crippen molar-refractivity contribution in [3.63, 3.8) is 0 Å². The number of aliphatic hydroxyl groups is 1. The fraction of sp³-hybridized carbons (Fsp3) is 0.444. The highest BCUT2D eigenvalue weighted by atomic mass is 19.4. The first-order chi connectivity index (χ1) is 19.6. The molecule has 1 N–H and O–H groups in total. The Morgan fingerprint density at radius 2 is 1.16 bits per heavy atom. The monoisotopic (exact) mass is 642 g/mol. The highest BCUT2D eigenvalue weighted by Gasteiger charge is 2.90. The van der Waals surface area contributed by atoms with Gasteiger partial charge < -0.3 is 9.84 Å². The summed E-state index contributed by atoms with van der Waals surface area (Å²) in [7, 11) is 0. The van der Waals surface area contributed by atoms with Crippen molar-refractivity contribution in [3.8, 4) is 5.75 Å². The van der Waals surface area contributed by atoms with Crippen molar-refractivity contribution in [2.45, 2.75) is 61.5 Å². The molecule has 16 heteroatoms. The highest BCUT2D eigenvalue weighted by Crippen LogP contribution is 2.62. The SMILES string of the molecule is O=C(C=Cc1ccc(OCCCCCCO)cc1)c1ccc(C(F)(F)C(F)(F)C(F)(F)C(F)(F)C(F)(F)C(F)(F)F)cc1. The van der Waals surface area contributed by atoms with Gasteiger partial charge in [-0.3, -0.25) is 4.79 Å². The van der Waals surface area contributed by atoms with Crippen molar-refractivity contribution in [1.82, 2.24) is 0 Å². The van der Waals surface area contributed by atoms with Crippen LogP contribution < -0.4 is 4.74 Å². The van der Waals surface area contributed by atoms with Crippen molar-refractivity contribution >= 4 is 11.9 Å². The largest absolute Gasteiger partial charge is 0.494 e. The summed E-state index contributed by atoms with van der Waals surface area (Å²) in [4.78, 5) is 12.3. The summed E-state index contributed by atoms with van der Waals surface area (Å²) >= 11 is 0. The van der Waals surface area contributed by atoms with Gasteiger partial charge in [0.2, 0.25) is 0 Å². The number of ketones is 1. The van der Waals surface area contributed by atoms with Gasteiger partial charge in [0.05, 0.1) is 6.61 Å². The van der Waals surface area contributed by atoms with Crippen LogP contribution in [0.4, 0.5) is 57.1 Å². The molecule has 0 aliphatic carbocycles. The second-order valence-electron chi connectivity index (χ2n) is 9.20. The van der Waals surface area contributed by atoms with Gasteiger partial charge in [0, 0.05) is 17.7 Å². The number of unbranched alkanes of at least 4 members (excludes halogenated alkanes) is 3. The van der Waals surface area contributed by atoms with Crippen LogP contribution >= 0.6 is 0 Å². The fourth-order valence-electron chi connectivity index (χ4n) is 3.50. The third-order valence-electron chi connectivity index (χ3n) is 6.09. The van der Waals surface area contributed by atoms with Crippen LogP contribution in [0.3, 0.4) is 0 Å². The Morgan fingerprint density at radius 3 is 1.67 bits per heavy atom. The van der Waals surface area contributed by atoms with Crippen molar-refractivity contribution in [2.75, 3.05) is 13.2 Å². The first-order valence-electron chi connectivity index (χ1n) is 12.3. The zero-order valence-corrected chi connectivity index (χ0v) is 21.7. The molecule has 0 saturated heterocycles. The zero-order valence-electron chi connectivity index (χ0n) is 21.7. The van der Waals surface area contributed by atoms with Gasteiger partial charge in [-0.1, -0.05) is 48.9 Å². The number of aliphatic hydroxyl groups excluding tert-OH is 1. The predicted octanol–water partition coefficient (Wildman–Crippen LogP) is 8.71. The van der Waals surface area contributed by atoms with E-state index in [-0.39, 0.29) is 18.7 Å². The van der Waals surface area contributed by atoms with Gasteiger partial charge in [0.15, 0.2) is 5.78 Å². The summed E-state index contributed by atoms with van der Waals surface area (Å²) in [5.74, 6) is -38.0. The summed E-state index contributed by atoms with van der Waals surface area (Å²) in [6, 6.07) is 6.89. The van der Waals surface area contributed by atoms with E-state index >= 15 is 0 Å². The minimum Gasteiger partial charge on any atom is -0.494 e. The summed E-state index contributed by atoms with van der Waals surface area (Å²) in [6.45, 7) is 0.520. The van der Waals surface area contributed by atoms with Crippen LogP contribution in [-0.2, 0) is 5.92 Å². The van der Waals surface area contributed by atoms with Crippen LogP contribution in [0.1, 0.15) is 47.2 Å². The minimum atomic E-state index is -7.99. The average molecular weight is 642 g/mol. The predicted molar refractivity (Wildman–Crippen MR) is 127 cm³/mol. The quantitative estimate of drug-likeness (QED) is 0.0916. The molecule has 0 saturated carbocycles. The Hall–Kier alpha value is -3.30. The molecule has 0 unspecified atom stereocenters. The van der Waals surface area contributed by atoms with Crippen molar-refractivity contribution in [2.24, 2.45) is 0 Å². The smallest absolute Gasteiger partial charge is 0.460 e. The van der Waals surface area contributed by atoms with E-state index in [2.05, 4.69) is 0 Å². The molecule has 0 aliphatic heterocycles. The van der Waals surface area contributed by atoms with Crippen molar-refractivity contribution < 1.29 is 71.7 Å². The second kappa shape index (κ2) is 13.1. The highest BCUT2D eigenvalue weighted by molar-refractivity contribution is 6.06. The number of allylic oxidation sites excluding steroid dienone is 1. The number of carbonyl (C=O) groups is 1. The van der Waals surface area contributed by atoms with Crippen LogP contribution in [-0.4, -0.2) is 54.0 Å². The van der Waals surface area contributed by atoms with Crippen molar-refractivity contribution in [1.29, 1.82) is 0 Å². The molecule has 0 heterocycles. The van der Waals surface area contributed by atoms with Gasteiger partial charge in [-0.25, -0.2) is 0 Å². The van der Waals surface area contributed by atoms with E-state index in [4.69, 9.17) is 9.84 Å². The number of hydrogen-bond donors (Lipinski definition) is 1. The van der Waals surface area contributed by atoms with E-state index in [0.717, 1.165) is 25.3 Å². The molecule has 3 nitrogen and oxygen atoms in total. The molecule has 0 radical (unpaired) electrons. The fourth-order valence-corrected chi connectivity index (χ4v) is 3.50. The van der Waals surface area contributed by atoms with Gasteiger partial charge in [-0.15, -0.1) is 0 Å². The van der Waals surface area contributed by atoms with E-state index in [0.29, 0.717) is 36.5 Å². The lowest BCUT2D eigenvalue weighted by Gasteiger charge is -2.39. The van der Waals surface area contributed by atoms with E-state index in [1.807, 2.05) is 0 Å². The molecular weight excluding hydrogens is 619 g/mol. The molecule has 0 atom stereocenters. The molecule has 2 aromatic carbocycles. The van der Waals surface area contributed by atoms with Crippen LogP contribution in [0.25, 0.3) is 6.08 Å². The molecule has 0 aromatic heterocycles. The molecule has 2 aromatic rings. The number of alkyl halides is 13. The van der Waals surface area contributed by atoms with Gasteiger partial charge >= 0.3 is 35.8 Å². The van der Waals surface area contributed by atoms with E-state index in [1.54, 1.807) is 12.1 Å². The Bertz CT molecular complexity index is 1240. The van der Waals surface area contributed by atoms with Gasteiger partial charge in [0.25, 0.3) is 0 Å². The molecule has 0 spiro atoms. The summed E-state index contributed by atoms with van der Waals surface area (Å²) in [6.07, 6.45) is -2.19. The molecule has 0 aliphatic rings. The van der Waals surface area contributed by atoms with Gasteiger partial charge in [-0.2, -0.15) is 57.1 Å². The van der Waals surface area contributed by atoms with Crippen LogP contribution in [0.15, 0.2) is 54.6 Å². The first kappa shape index (κ1) is 35.9. The number of rotatable bonds is 15. The number of benzene rings is 2. The number of hydrogen-bond acceptors (Lipinski definition) is 3. The molecule has 0 fully saturated rings. The maximum atomic E-state index is 14.3. The summed E-state index contributed by atoms with van der Waals surface area (Å²) < 4.78 is 179. The summed E-state index contributed by atoms with van der Waals surface area (Å²) in [5, 5.41) is 8.72. The third kappa shape index (κ3) is 7.27. The van der Waals surface area contributed by atoms with Crippen LogP contribution in [0, 0.1) is 0 Å². The van der Waals surface area contributed by atoms with Gasteiger partial charge in [0.1, 0.15) is 5.75 Å². The minimum absolute atomic E-state index is 0.0684. The van der Waals surface area contributed by atoms with Crippen LogP contribution in [0.5, 0.6) is 5.75 Å². The number of halogens is 13. The first-order valence-corrected chi connectivity index (χ1v) is 12.3. The topological polar surface area (TPSA) is 46.5 Å². The zero-order chi connectivity index (χ0) is 32.9. The summed E-state index contributed by atoms with van der Waals surface area (Å²) in [5.41, 5.74) is -2.21.